The van der Waals surface area contributed by atoms with Gasteiger partial charge in [-0.15, -0.1) is 22.0 Å². The molecule has 2 fully saturated rings. The SMILES string of the molecule is N[C@@H]1C(=O)N2C(C(=O)O)=C(C=C3CCN(c4ccc(Cl)nn4)C3=O)CS[C@H]12. The maximum atomic E-state index is 12.7. The predicted molar refractivity (Wildman–Crippen MR) is 97.8 cm³/mol. The van der Waals surface area contributed by atoms with Gasteiger partial charge in [-0.25, -0.2) is 4.79 Å². The van der Waals surface area contributed by atoms with Crippen molar-refractivity contribution in [2.24, 2.45) is 5.73 Å². The van der Waals surface area contributed by atoms with Crippen LogP contribution in [0.5, 0.6) is 0 Å². The van der Waals surface area contributed by atoms with Crippen LogP contribution in [0.2, 0.25) is 5.15 Å². The maximum Gasteiger partial charge on any atom is 0.352 e. The van der Waals surface area contributed by atoms with E-state index in [2.05, 4.69) is 10.2 Å². The van der Waals surface area contributed by atoms with Crippen molar-refractivity contribution in [1.29, 1.82) is 0 Å². The van der Waals surface area contributed by atoms with Crippen LogP contribution in [0, 0.1) is 0 Å². The fourth-order valence-corrected chi connectivity index (χ4v) is 4.63. The average Bonchev–Trinajstić information content (AvgIpc) is 3.01. The number of anilines is 1. The van der Waals surface area contributed by atoms with Gasteiger partial charge in [0.2, 0.25) is 5.91 Å². The van der Waals surface area contributed by atoms with Gasteiger partial charge in [-0.05, 0) is 30.2 Å². The lowest BCUT2D eigenvalue weighted by atomic mass is 10.0. The Labute approximate surface area is 162 Å². The van der Waals surface area contributed by atoms with E-state index in [1.807, 2.05) is 0 Å². The minimum atomic E-state index is -1.21. The van der Waals surface area contributed by atoms with E-state index in [0.717, 1.165) is 0 Å². The first-order valence-corrected chi connectivity index (χ1v) is 9.49. The molecular formula is C16H14ClN5O4S. The van der Waals surface area contributed by atoms with E-state index in [9.17, 15) is 19.5 Å². The van der Waals surface area contributed by atoms with Crippen LogP contribution in [-0.2, 0) is 14.4 Å². The lowest BCUT2D eigenvalue weighted by Crippen LogP contribution is -2.68. The largest absolute Gasteiger partial charge is 0.477 e. The minimum absolute atomic E-state index is 0.101. The fourth-order valence-electron chi connectivity index (χ4n) is 3.28. The lowest BCUT2D eigenvalue weighted by Gasteiger charge is -2.47. The number of aliphatic carboxylic acids is 1. The quantitative estimate of drug-likeness (QED) is 0.543. The summed E-state index contributed by atoms with van der Waals surface area (Å²) in [6.45, 7) is 0.403. The summed E-state index contributed by atoms with van der Waals surface area (Å²) in [5.74, 6) is -1.17. The zero-order valence-electron chi connectivity index (χ0n) is 13.8. The Balaban J connectivity index is 1.64. The van der Waals surface area contributed by atoms with Gasteiger partial charge in [0.15, 0.2) is 11.0 Å². The van der Waals surface area contributed by atoms with Crippen LogP contribution in [0.4, 0.5) is 5.82 Å². The third kappa shape index (κ3) is 2.89. The van der Waals surface area contributed by atoms with E-state index in [1.54, 1.807) is 18.2 Å². The molecule has 0 bridgehead atoms. The molecule has 2 saturated heterocycles. The standard InChI is InChI=1S/C16H14ClN5O4S/c17-9-1-2-10(20-19-9)21-4-3-7(13(21)23)5-8-6-27-15-11(18)14(24)22(15)12(8)16(25)26/h1-2,5,11,15H,3-4,6,18H2,(H,25,26)/t11-,15-/m1/s1. The fraction of sp³-hybridized carbons (Fsp3) is 0.312. The molecule has 0 aliphatic carbocycles. The predicted octanol–water partition coefficient (Wildman–Crippen LogP) is 0.374. The van der Waals surface area contributed by atoms with Crippen LogP contribution in [0.25, 0.3) is 0 Å². The van der Waals surface area contributed by atoms with E-state index in [0.29, 0.717) is 35.7 Å². The number of thioether (sulfide) groups is 1. The molecule has 4 rings (SSSR count). The number of aromatic nitrogens is 2. The Hall–Kier alpha value is -2.43. The molecule has 3 aliphatic heterocycles. The highest BCUT2D eigenvalue weighted by atomic mass is 35.5. The van der Waals surface area contributed by atoms with Gasteiger partial charge in [-0.2, -0.15) is 0 Å². The summed E-state index contributed by atoms with van der Waals surface area (Å²) in [5, 5.41) is 17.1. The second-order valence-corrected chi connectivity index (χ2v) is 7.70. The Kier molecular flexibility index (Phi) is 4.41. The van der Waals surface area contributed by atoms with Gasteiger partial charge >= 0.3 is 5.97 Å². The van der Waals surface area contributed by atoms with Gasteiger partial charge in [-0.3, -0.25) is 19.4 Å². The van der Waals surface area contributed by atoms with Crippen molar-refractivity contribution in [3.05, 3.63) is 40.2 Å². The summed E-state index contributed by atoms with van der Waals surface area (Å²) in [6, 6.07) is 2.45. The van der Waals surface area contributed by atoms with Crippen LogP contribution < -0.4 is 10.6 Å². The number of allylic oxidation sites excluding steroid dienone is 1. The number of carboxylic acids is 1. The van der Waals surface area contributed by atoms with E-state index in [1.165, 1.54) is 21.6 Å². The van der Waals surface area contributed by atoms with Crippen molar-refractivity contribution in [3.8, 4) is 0 Å². The molecule has 3 aliphatic rings. The summed E-state index contributed by atoms with van der Waals surface area (Å²) < 4.78 is 0. The topological polar surface area (TPSA) is 130 Å². The van der Waals surface area contributed by atoms with Crippen LogP contribution in [0.1, 0.15) is 6.42 Å². The van der Waals surface area contributed by atoms with Gasteiger partial charge in [-0.1, -0.05) is 11.6 Å². The number of nitrogens with two attached hydrogens (primary N) is 1. The molecule has 1 aromatic heterocycles. The molecule has 4 heterocycles. The van der Waals surface area contributed by atoms with Crippen LogP contribution >= 0.6 is 23.4 Å². The molecule has 140 valence electrons. The highest BCUT2D eigenvalue weighted by molar-refractivity contribution is 8.00. The normalized spacial score (nSPS) is 26.5. The highest BCUT2D eigenvalue weighted by Gasteiger charge is 2.51. The number of fused-ring (bicyclic) bond motifs is 1. The Morgan fingerprint density at radius 1 is 1.37 bits per heavy atom. The monoisotopic (exact) mass is 407 g/mol. The van der Waals surface area contributed by atoms with Crippen molar-refractivity contribution in [2.75, 3.05) is 17.2 Å². The smallest absolute Gasteiger partial charge is 0.352 e. The molecule has 0 spiro atoms. The lowest BCUT2D eigenvalue weighted by molar-refractivity contribution is -0.147. The van der Waals surface area contributed by atoms with Gasteiger partial charge < -0.3 is 10.8 Å². The summed E-state index contributed by atoms with van der Waals surface area (Å²) in [6.07, 6.45) is 2.00. The van der Waals surface area contributed by atoms with Gasteiger partial charge in [0.1, 0.15) is 17.1 Å². The first-order valence-electron chi connectivity index (χ1n) is 8.07. The molecule has 0 saturated carbocycles. The Bertz CT molecular complexity index is 916. The molecule has 0 aromatic carbocycles. The molecule has 2 amide bonds. The number of carboxylic acid groups (broad SMARTS) is 1. The molecule has 2 atom stereocenters. The van der Waals surface area contributed by atoms with Crippen LogP contribution in [-0.4, -0.2) is 61.7 Å². The van der Waals surface area contributed by atoms with Crippen molar-refractivity contribution in [1.82, 2.24) is 15.1 Å². The second-order valence-electron chi connectivity index (χ2n) is 6.21. The molecule has 27 heavy (non-hydrogen) atoms. The summed E-state index contributed by atoms with van der Waals surface area (Å²) in [4.78, 5) is 39.1. The number of amides is 2. The van der Waals surface area contributed by atoms with E-state index < -0.39 is 17.9 Å². The number of carbonyl (C=O) groups is 3. The molecule has 0 radical (unpaired) electrons. The Morgan fingerprint density at radius 2 is 2.15 bits per heavy atom. The summed E-state index contributed by atoms with van der Waals surface area (Å²) in [5.41, 5.74) is 6.52. The van der Waals surface area contributed by atoms with Crippen molar-refractivity contribution < 1.29 is 19.5 Å². The number of hydrogen-bond acceptors (Lipinski definition) is 7. The van der Waals surface area contributed by atoms with E-state index in [4.69, 9.17) is 17.3 Å². The molecule has 3 N–H and O–H groups in total. The highest BCUT2D eigenvalue weighted by Crippen LogP contribution is 2.40. The van der Waals surface area contributed by atoms with Gasteiger partial charge in [0.05, 0.1) is 0 Å². The maximum absolute atomic E-state index is 12.7. The van der Waals surface area contributed by atoms with Crippen molar-refractivity contribution in [2.45, 2.75) is 17.8 Å². The Morgan fingerprint density at radius 3 is 2.81 bits per heavy atom. The molecular weight excluding hydrogens is 394 g/mol. The summed E-state index contributed by atoms with van der Waals surface area (Å²) in [7, 11) is 0. The number of β-lactam (4-membered cyclic amide) rings is 1. The third-order valence-electron chi connectivity index (χ3n) is 4.61. The molecule has 0 unspecified atom stereocenters. The average molecular weight is 408 g/mol. The van der Waals surface area contributed by atoms with E-state index in [-0.39, 0.29) is 22.1 Å². The van der Waals surface area contributed by atoms with Crippen molar-refractivity contribution in [3.63, 3.8) is 0 Å². The second kappa shape index (κ2) is 6.63. The van der Waals surface area contributed by atoms with Crippen LogP contribution in [0.15, 0.2) is 35.1 Å². The molecule has 11 heteroatoms. The summed E-state index contributed by atoms with van der Waals surface area (Å²) >= 11 is 7.11. The zero-order valence-corrected chi connectivity index (χ0v) is 15.4. The van der Waals surface area contributed by atoms with Crippen molar-refractivity contribution >= 4 is 47.0 Å². The molecule has 1 aromatic rings. The van der Waals surface area contributed by atoms with Gasteiger partial charge in [0.25, 0.3) is 5.91 Å². The number of halogens is 1. The minimum Gasteiger partial charge on any atom is -0.477 e. The first kappa shape index (κ1) is 18.0. The van der Waals surface area contributed by atoms with Crippen LogP contribution in [0.3, 0.4) is 0 Å². The zero-order chi connectivity index (χ0) is 19.3. The van der Waals surface area contributed by atoms with E-state index >= 15 is 0 Å². The first-order chi connectivity index (χ1) is 12.9. The number of nitrogens with zero attached hydrogens (tertiary/aromatic N) is 4. The number of hydrogen-bond donors (Lipinski definition) is 2. The molecule has 9 nitrogen and oxygen atoms in total. The number of carbonyl (C=O) groups excluding carboxylic acids is 2. The number of rotatable bonds is 3. The third-order valence-corrected chi connectivity index (χ3v) is 6.13. The van der Waals surface area contributed by atoms with Gasteiger partial charge in [0, 0.05) is 17.9 Å².